The van der Waals surface area contributed by atoms with E-state index in [1.807, 2.05) is 12.3 Å². The lowest BCUT2D eigenvalue weighted by atomic mass is 9.97. The van der Waals surface area contributed by atoms with E-state index in [1.54, 1.807) is 6.33 Å². The van der Waals surface area contributed by atoms with Crippen LogP contribution in [0.2, 0.25) is 0 Å². The van der Waals surface area contributed by atoms with E-state index in [1.165, 1.54) is 53.2 Å². The zero-order valence-corrected chi connectivity index (χ0v) is 26.3. The predicted octanol–water partition coefficient (Wildman–Crippen LogP) is 8.11. The van der Waals surface area contributed by atoms with Crippen molar-refractivity contribution in [3.63, 3.8) is 0 Å². The quantitative estimate of drug-likeness (QED) is 0.0949. The molecular formula is C39H44N6. The first-order valence-electron chi connectivity index (χ1n) is 16.1. The number of hydrogen-bond donors (Lipinski definition) is 3. The number of piperidine rings is 1. The molecule has 5 aromatic rings. The Morgan fingerprint density at radius 3 is 2.51 bits per heavy atom. The van der Waals surface area contributed by atoms with Crippen molar-refractivity contribution in [2.24, 2.45) is 0 Å². The molecule has 1 aliphatic rings. The number of unbranched alkanes of at least 4 members (excludes halogenated alkanes) is 3. The van der Waals surface area contributed by atoms with Gasteiger partial charge in [0.05, 0.1) is 11.4 Å². The number of aromatic nitrogens is 4. The lowest BCUT2D eigenvalue weighted by Gasteiger charge is -2.29. The molecular weight excluding hydrogens is 552 g/mol. The summed E-state index contributed by atoms with van der Waals surface area (Å²) in [6.45, 7) is 21.7. The molecule has 1 saturated heterocycles. The molecule has 45 heavy (non-hydrogen) atoms. The van der Waals surface area contributed by atoms with Gasteiger partial charge in [-0.1, -0.05) is 81.6 Å². The van der Waals surface area contributed by atoms with Crippen LogP contribution in [-0.4, -0.2) is 19.5 Å². The Morgan fingerprint density at radius 2 is 1.69 bits per heavy atom. The van der Waals surface area contributed by atoms with Gasteiger partial charge < -0.3 is 20.2 Å². The van der Waals surface area contributed by atoms with E-state index in [4.69, 9.17) is 0 Å². The van der Waals surface area contributed by atoms with Crippen molar-refractivity contribution in [1.29, 1.82) is 0 Å². The third-order valence-electron chi connectivity index (χ3n) is 9.17. The van der Waals surface area contributed by atoms with Gasteiger partial charge in [-0.05, 0) is 80.7 Å². The lowest BCUT2D eigenvalue weighted by molar-refractivity contribution is 0.458. The number of hydrogen-bond acceptors (Lipinski definition) is 4. The summed E-state index contributed by atoms with van der Waals surface area (Å²) >= 11 is 0. The minimum atomic E-state index is 0.147. The third-order valence-corrected chi connectivity index (χ3v) is 9.17. The summed E-state index contributed by atoms with van der Waals surface area (Å²) in [7, 11) is 0. The topological polar surface area (TPSA) is 70.6 Å². The zero-order valence-electron chi connectivity index (χ0n) is 26.3. The van der Waals surface area contributed by atoms with Gasteiger partial charge in [0.25, 0.3) is 0 Å². The number of nitrogens with zero attached hydrogens (tertiary/aromatic N) is 3. The number of H-pyrrole nitrogens is 1. The summed E-state index contributed by atoms with van der Waals surface area (Å²) in [4.78, 5) is 11.8. The number of fused-ring (bicyclic) bond motifs is 2. The molecule has 3 N–H and O–H groups in total. The fraction of sp³-hybridized carbons (Fsp3) is 0.282. The minimum absolute atomic E-state index is 0.147. The van der Waals surface area contributed by atoms with Crippen LogP contribution in [0.15, 0.2) is 97.8 Å². The molecule has 230 valence electrons. The van der Waals surface area contributed by atoms with Crippen molar-refractivity contribution in [1.82, 2.24) is 24.8 Å². The molecule has 0 radical (unpaired) electrons. The molecule has 4 heterocycles. The average molecular weight is 597 g/mol. The highest BCUT2D eigenvalue weighted by Gasteiger charge is 2.23. The van der Waals surface area contributed by atoms with Crippen LogP contribution in [0.25, 0.3) is 35.0 Å². The first-order valence-corrected chi connectivity index (χ1v) is 16.1. The number of anilines is 2. The van der Waals surface area contributed by atoms with Gasteiger partial charge in [0.15, 0.2) is 0 Å². The summed E-state index contributed by atoms with van der Waals surface area (Å²) in [5.74, 6) is 0.817. The van der Waals surface area contributed by atoms with Crippen molar-refractivity contribution in [3.8, 4) is 0 Å². The molecule has 1 fully saturated rings. The Kier molecular flexibility index (Phi) is 9.01. The van der Waals surface area contributed by atoms with E-state index in [2.05, 4.69) is 106 Å². The number of rotatable bonds is 13. The SMILES string of the molecule is C=C(CCCCCCc1ccc(Nc2ncnc3[nH]ccc23)cc1)CCc1cccc2c(=C)n(C3CCC(=C)NC3=C)c(=C)c12. The maximum absolute atomic E-state index is 4.52. The smallest absolute Gasteiger partial charge is 0.143 e. The Balaban J connectivity index is 0.941. The molecule has 0 saturated carbocycles. The monoisotopic (exact) mass is 596 g/mol. The second-order valence-corrected chi connectivity index (χ2v) is 12.4. The molecule has 6 heteroatoms. The minimum Gasteiger partial charge on any atom is -0.362 e. The fourth-order valence-electron chi connectivity index (χ4n) is 6.68. The first-order chi connectivity index (χ1) is 21.9. The highest BCUT2D eigenvalue weighted by atomic mass is 15.1. The molecule has 0 amide bonds. The molecule has 1 atom stereocenters. The first kappa shape index (κ1) is 30.2. The van der Waals surface area contributed by atoms with Crippen LogP contribution in [-0.2, 0) is 12.8 Å². The number of aryl methyl sites for hydroxylation is 2. The van der Waals surface area contributed by atoms with Crippen LogP contribution in [0.5, 0.6) is 0 Å². The molecule has 0 spiro atoms. The van der Waals surface area contributed by atoms with E-state index in [-0.39, 0.29) is 6.04 Å². The summed E-state index contributed by atoms with van der Waals surface area (Å²) in [6, 6.07) is 17.4. The average Bonchev–Trinajstić information content (AvgIpc) is 3.62. The molecule has 1 unspecified atom stereocenters. The third kappa shape index (κ3) is 6.65. The Labute approximate surface area is 266 Å². The second kappa shape index (κ2) is 13.4. The van der Waals surface area contributed by atoms with Gasteiger partial charge in [0, 0.05) is 44.7 Å². The fourth-order valence-corrected chi connectivity index (χ4v) is 6.68. The summed E-state index contributed by atoms with van der Waals surface area (Å²) in [5, 5.41) is 12.2. The van der Waals surface area contributed by atoms with E-state index >= 15 is 0 Å². The van der Waals surface area contributed by atoms with Crippen LogP contribution >= 0.6 is 0 Å². The normalized spacial score (nSPS) is 15.1. The number of allylic oxidation sites excluding steroid dienone is 3. The maximum atomic E-state index is 4.52. The Hall–Kier alpha value is -4.84. The Morgan fingerprint density at radius 1 is 0.867 bits per heavy atom. The summed E-state index contributed by atoms with van der Waals surface area (Å²) in [5.41, 5.74) is 7.90. The van der Waals surface area contributed by atoms with Crippen LogP contribution in [0.1, 0.15) is 68.5 Å². The van der Waals surface area contributed by atoms with Crippen molar-refractivity contribution in [2.75, 3.05) is 5.32 Å². The molecule has 0 aliphatic carbocycles. The van der Waals surface area contributed by atoms with Gasteiger partial charge >= 0.3 is 0 Å². The van der Waals surface area contributed by atoms with Crippen LogP contribution in [0.4, 0.5) is 11.5 Å². The molecule has 3 aromatic heterocycles. The van der Waals surface area contributed by atoms with E-state index in [9.17, 15) is 0 Å². The van der Waals surface area contributed by atoms with Gasteiger partial charge in [0.2, 0.25) is 0 Å². The van der Waals surface area contributed by atoms with Crippen molar-refractivity contribution in [3.05, 3.63) is 120 Å². The van der Waals surface area contributed by atoms with Gasteiger partial charge in [0.1, 0.15) is 17.8 Å². The van der Waals surface area contributed by atoms with Crippen LogP contribution < -0.4 is 21.3 Å². The molecule has 6 rings (SSSR count). The number of aromatic amines is 1. The van der Waals surface area contributed by atoms with E-state index in [0.717, 1.165) is 83.2 Å². The van der Waals surface area contributed by atoms with E-state index in [0.29, 0.717) is 0 Å². The Bertz CT molecular complexity index is 1960. The summed E-state index contributed by atoms with van der Waals surface area (Å²) in [6.07, 6.45) is 14.4. The highest BCUT2D eigenvalue weighted by molar-refractivity contribution is 5.89. The van der Waals surface area contributed by atoms with Crippen LogP contribution in [0.3, 0.4) is 0 Å². The summed E-state index contributed by atoms with van der Waals surface area (Å²) < 4.78 is 2.27. The number of benzene rings is 2. The molecule has 1 aliphatic heterocycles. The van der Waals surface area contributed by atoms with Gasteiger partial charge in [-0.3, -0.25) is 0 Å². The van der Waals surface area contributed by atoms with Crippen molar-refractivity contribution >= 4 is 46.5 Å². The number of nitrogens with one attached hydrogen (secondary N) is 3. The molecule has 2 aromatic carbocycles. The van der Waals surface area contributed by atoms with Gasteiger partial charge in [-0.15, -0.1) is 0 Å². The van der Waals surface area contributed by atoms with Gasteiger partial charge in [-0.25, -0.2) is 9.97 Å². The predicted molar refractivity (Wildman–Crippen MR) is 190 cm³/mol. The van der Waals surface area contributed by atoms with Crippen molar-refractivity contribution < 1.29 is 0 Å². The zero-order chi connectivity index (χ0) is 31.3. The molecule has 6 nitrogen and oxygen atoms in total. The highest BCUT2D eigenvalue weighted by Crippen LogP contribution is 2.28. The van der Waals surface area contributed by atoms with E-state index < -0.39 is 0 Å². The second-order valence-electron chi connectivity index (χ2n) is 12.4. The van der Waals surface area contributed by atoms with Crippen LogP contribution in [0, 0.1) is 0 Å². The van der Waals surface area contributed by atoms with Gasteiger partial charge in [-0.2, -0.15) is 0 Å². The lowest BCUT2D eigenvalue weighted by Crippen LogP contribution is -2.36. The van der Waals surface area contributed by atoms with Crippen molar-refractivity contribution in [2.45, 2.75) is 70.3 Å². The largest absolute Gasteiger partial charge is 0.362 e. The maximum Gasteiger partial charge on any atom is 0.143 e. The standard InChI is InChI=1S/C39H44N6/c1-26(15-19-32-13-10-14-34-29(4)45(30(5)37(32)34)36-22-16-27(2)43-28(36)3)11-8-6-7-9-12-31-17-20-33(21-18-31)44-39-35-23-24-40-38(35)41-25-42-39/h10,13-14,17-18,20-21,23-25,36,43H,1-9,11-12,15-16,19,22H2,(H2,40,41,42,44). The molecule has 0 bridgehead atoms.